The van der Waals surface area contributed by atoms with Gasteiger partial charge in [-0.1, -0.05) is 0 Å². The first-order valence-corrected chi connectivity index (χ1v) is 7.41. The van der Waals surface area contributed by atoms with Crippen LogP contribution in [0.4, 0.5) is 8.78 Å². The van der Waals surface area contributed by atoms with Crippen molar-refractivity contribution in [3.05, 3.63) is 24.2 Å². The van der Waals surface area contributed by atoms with Crippen LogP contribution in [0.25, 0.3) is 11.2 Å². The number of halogens is 2. The third-order valence-corrected chi connectivity index (χ3v) is 4.31. The van der Waals surface area contributed by atoms with Crippen LogP contribution in [0.5, 0.6) is 0 Å². The van der Waals surface area contributed by atoms with Crippen molar-refractivity contribution in [3.8, 4) is 0 Å². The Morgan fingerprint density at radius 2 is 2.05 bits per heavy atom. The van der Waals surface area contributed by atoms with Crippen molar-refractivity contribution in [1.29, 1.82) is 0 Å². The molecule has 118 valence electrons. The van der Waals surface area contributed by atoms with E-state index in [9.17, 15) is 13.6 Å². The first kappa shape index (κ1) is 14.9. The van der Waals surface area contributed by atoms with E-state index >= 15 is 0 Å². The van der Waals surface area contributed by atoms with Crippen LogP contribution in [0.1, 0.15) is 36.0 Å². The molecule has 1 saturated carbocycles. The summed E-state index contributed by atoms with van der Waals surface area (Å²) < 4.78 is 27.0. The number of rotatable bonds is 3. The number of carbonyl (C=O) groups excluding carboxylic acids is 1. The summed E-state index contributed by atoms with van der Waals surface area (Å²) in [6.45, 7) is 0. The molecule has 1 fully saturated rings. The van der Waals surface area contributed by atoms with Crippen LogP contribution in [-0.2, 0) is 7.05 Å². The average molecular weight is 308 g/mol. The van der Waals surface area contributed by atoms with Gasteiger partial charge in [0.2, 0.25) is 6.43 Å². The number of fused-ring (bicyclic) bond motifs is 1. The lowest BCUT2D eigenvalue weighted by molar-refractivity contribution is 0.0500. The lowest BCUT2D eigenvalue weighted by Gasteiger charge is -2.28. The van der Waals surface area contributed by atoms with Crippen LogP contribution in [0.3, 0.4) is 0 Å². The normalized spacial score (nSPS) is 22.2. The fourth-order valence-electron chi connectivity index (χ4n) is 2.99. The van der Waals surface area contributed by atoms with Gasteiger partial charge in [-0.25, -0.2) is 18.7 Å². The molecule has 1 amide bonds. The highest BCUT2D eigenvalue weighted by molar-refractivity contribution is 6.04. The van der Waals surface area contributed by atoms with Gasteiger partial charge in [0.15, 0.2) is 5.65 Å². The van der Waals surface area contributed by atoms with Gasteiger partial charge in [0.05, 0.1) is 11.9 Å². The molecule has 5 nitrogen and oxygen atoms in total. The maximum atomic E-state index is 12.6. The van der Waals surface area contributed by atoms with E-state index in [-0.39, 0.29) is 11.9 Å². The van der Waals surface area contributed by atoms with Gasteiger partial charge >= 0.3 is 0 Å². The molecule has 1 N–H and O–H groups in total. The Bertz CT molecular complexity index is 677. The number of imidazole rings is 1. The molecule has 3 rings (SSSR count). The smallest absolute Gasteiger partial charge is 0.253 e. The standard InChI is InChI=1S/C15H18F2N4O/c1-21-8-19-12-11(6-7-18-14(12)21)15(22)20-10-4-2-9(3-5-10)13(16)17/h6-10,13H,2-5H2,1H3,(H,20,22). The zero-order valence-corrected chi connectivity index (χ0v) is 12.3. The molecule has 1 aliphatic carbocycles. The third kappa shape index (κ3) is 2.80. The molecule has 2 aromatic heterocycles. The Kier molecular flexibility index (Phi) is 4.04. The summed E-state index contributed by atoms with van der Waals surface area (Å²) in [5.41, 5.74) is 1.68. The van der Waals surface area contributed by atoms with Gasteiger partial charge < -0.3 is 9.88 Å². The molecule has 0 radical (unpaired) electrons. The van der Waals surface area contributed by atoms with Gasteiger partial charge in [-0.2, -0.15) is 0 Å². The number of nitrogens with one attached hydrogen (secondary N) is 1. The SMILES string of the molecule is Cn1cnc2c(C(=O)NC3CCC(C(F)F)CC3)ccnc21. The van der Waals surface area contributed by atoms with E-state index in [0.29, 0.717) is 42.4 Å². The Morgan fingerprint density at radius 3 is 2.73 bits per heavy atom. The average Bonchev–Trinajstić information content (AvgIpc) is 2.89. The molecule has 22 heavy (non-hydrogen) atoms. The Hall–Kier alpha value is -2.05. The van der Waals surface area contributed by atoms with E-state index in [1.54, 1.807) is 23.2 Å². The number of pyridine rings is 1. The van der Waals surface area contributed by atoms with Gasteiger partial charge in [0.1, 0.15) is 5.52 Å². The summed E-state index contributed by atoms with van der Waals surface area (Å²) in [4.78, 5) is 20.8. The molecular weight excluding hydrogens is 290 g/mol. The molecule has 7 heteroatoms. The maximum absolute atomic E-state index is 12.6. The first-order valence-electron chi connectivity index (χ1n) is 7.41. The van der Waals surface area contributed by atoms with E-state index < -0.39 is 12.3 Å². The van der Waals surface area contributed by atoms with Gasteiger partial charge in [-0.15, -0.1) is 0 Å². The van der Waals surface area contributed by atoms with Gasteiger partial charge in [-0.05, 0) is 31.7 Å². The molecule has 0 atom stereocenters. The molecule has 0 aromatic carbocycles. The fraction of sp³-hybridized carbons (Fsp3) is 0.533. The molecule has 0 spiro atoms. The predicted molar refractivity (Wildman–Crippen MR) is 77.7 cm³/mol. The molecule has 0 aliphatic heterocycles. The minimum atomic E-state index is -2.26. The summed E-state index contributed by atoms with van der Waals surface area (Å²) in [6.07, 6.45) is 3.03. The second-order valence-corrected chi connectivity index (χ2v) is 5.81. The van der Waals surface area contributed by atoms with E-state index in [1.807, 2.05) is 7.05 Å². The van der Waals surface area contributed by atoms with Crippen LogP contribution in [0.15, 0.2) is 18.6 Å². The number of aromatic nitrogens is 3. The molecule has 2 heterocycles. The van der Waals surface area contributed by atoms with Crippen molar-refractivity contribution in [2.24, 2.45) is 13.0 Å². The summed E-state index contributed by atoms with van der Waals surface area (Å²) in [5.74, 6) is -0.747. The van der Waals surface area contributed by atoms with Crippen molar-refractivity contribution in [2.45, 2.75) is 38.2 Å². The number of carbonyl (C=O) groups is 1. The van der Waals surface area contributed by atoms with Crippen LogP contribution in [-0.4, -0.2) is 32.9 Å². The van der Waals surface area contributed by atoms with Crippen molar-refractivity contribution >= 4 is 17.1 Å². The second-order valence-electron chi connectivity index (χ2n) is 5.81. The van der Waals surface area contributed by atoms with Crippen molar-refractivity contribution in [1.82, 2.24) is 19.9 Å². The zero-order chi connectivity index (χ0) is 15.7. The molecule has 0 saturated heterocycles. The summed E-state index contributed by atoms with van der Waals surface area (Å²) in [7, 11) is 1.82. The first-order chi connectivity index (χ1) is 10.6. The highest BCUT2D eigenvalue weighted by atomic mass is 19.3. The van der Waals surface area contributed by atoms with E-state index in [1.165, 1.54) is 0 Å². The Balaban J connectivity index is 1.69. The van der Waals surface area contributed by atoms with Crippen LogP contribution < -0.4 is 5.32 Å². The maximum Gasteiger partial charge on any atom is 0.253 e. The predicted octanol–water partition coefficient (Wildman–Crippen LogP) is 2.52. The summed E-state index contributed by atoms with van der Waals surface area (Å²) in [6, 6.07) is 1.59. The third-order valence-electron chi connectivity index (χ3n) is 4.31. The van der Waals surface area contributed by atoms with Crippen LogP contribution in [0.2, 0.25) is 0 Å². The Morgan fingerprint density at radius 1 is 1.32 bits per heavy atom. The largest absolute Gasteiger partial charge is 0.349 e. The minimum Gasteiger partial charge on any atom is -0.349 e. The molecular formula is C15H18F2N4O. The molecule has 1 aliphatic rings. The number of nitrogens with zero attached hydrogens (tertiary/aromatic N) is 3. The fourth-order valence-corrected chi connectivity index (χ4v) is 2.99. The van der Waals surface area contributed by atoms with E-state index in [4.69, 9.17) is 0 Å². The lowest BCUT2D eigenvalue weighted by atomic mass is 9.86. The van der Waals surface area contributed by atoms with Gasteiger partial charge in [0, 0.05) is 25.2 Å². The second kappa shape index (κ2) is 5.98. The molecule has 0 unspecified atom stereocenters. The van der Waals surface area contributed by atoms with Gasteiger partial charge in [0.25, 0.3) is 5.91 Å². The number of aryl methyl sites for hydroxylation is 1. The van der Waals surface area contributed by atoms with Gasteiger partial charge in [-0.3, -0.25) is 4.79 Å². The van der Waals surface area contributed by atoms with Crippen molar-refractivity contribution in [2.75, 3.05) is 0 Å². The summed E-state index contributed by atoms with van der Waals surface area (Å²) in [5, 5.41) is 2.94. The highest BCUT2D eigenvalue weighted by Gasteiger charge is 2.28. The zero-order valence-electron chi connectivity index (χ0n) is 12.3. The number of amides is 1. The minimum absolute atomic E-state index is 0.0468. The number of alkyl halides is 2. The number of hydrogen-bond acceptors (Lipinski definition) is 3. The number of hydrogen-bond donors (Lipinski definition) is 1. The lowest BCUT2D eigenvalue weighted by Crippen LogP contribution is -2.38. The van der Waals surface area contributed by atoms with Crippen molar-refractivity contribution < 1.29 is 13.6 Å². The summed E-state index contributed by atoms with van der Waals surface area (Å²) >= 11 is 0. The van der Waals surface area contributed by atoms with Crippen LogP contribution in [0, 0.1) is 5.92 Å². The highest BCUT2D eigenvalue weighted by Crippen LogP contribution is 2.29. The molecule has 0 bridgehead atoms. The quantitative estimate of drug-likeness (QED) is 0.948. The Labute approximate surface area is 126 Å². The topological polar surface area (TPSA) is 59.8 Å². The van der Waals surface area contributed by atoms with Crippen molar-refractivity contribution in [3.63, 3.8) is 0 Å². The van der Waals surface area contributed by atoms with E-state index in [2.05, 4.69) is 15.3 Å². The van der Waals surface area contributed by atoms with Crippen LogP contribution >= 0.6 is 0 Å². The molecule has 2 aromatic rings. The monoisotopic (exact) mass is 308 g/mol. The van der Waals surface area contributed by atoms with E-state index in [0.717, 1.165) is 0 Å².